The molecule has 1 heterocycles. The standard InChI is InChI=1S/C24H15BrF2N2O3S/c25-18-12-15(7-10-21(18)32-13-14-5-8-16(26)9-6-14)11-17-22(30)28-24(33)29(23(17)31)20-4-2-1-3-19(20)27/h1-12H,13H2,(H,28,30,33)/b17-11+. The number of nitrogens with one attached hydrogen (secondary N) is 1. The fraction of sp³-hybridized carbons (Fsp3) is 0.0417. The Hall–Kier alpha value is -3.43. The third-order valence-electron chi connectivity index (χ3n) is 4.77. The fourth-order valence-electron chi connectivity index (χ4n) is 3.14. The van der Waals surface area contributed by atoms with Gasteiger partial charge in [0.2, 0.25) is 0 Å². The number of anilines is 1. The van der Waals surface area contributed by atoms with E-state index in [1.807, 2.05) is 0 Å². The molecule has 1 saturated heterocycles. The summed E-state index contributed by atoms with van der Waals surface area (Å²) in [6.07, 6.45) is 1.39. The average Bonchev–Trinajstić information content (AvgIpc) is 2.78. The average molecular weight is 529 g/mol. The number of carbonyl (C=O) groups is 2. The van der Waals surface area contributed by atoms with Crippen molar-refractivity contribution in [3.8, 4) is 5.75 Å². The minimum absolute atomic E-state index is 0.0517. The molecule has 0 atom stereocenters. The molecule has 3 aromatic carbocycles. The van der Waals surface area contributed by atoms with E-state index in [1.165, 1.54) is 36.4 Å². The second-order valence-corrected chi connectivity index (χ2v) is 8.26. The van der Waals surface area contributed by atoms with Crippen LogP contribution in [0.4, 0.5) is 14.5 Å². The molecule has 166 valence electrons. The zero-order chi connectivity index (χ0) is 23.5. The van der Waals surface area contributed by atoms with E-state index in [4.69, 9.17) is 17.0 Å². The van der Waals surface area contributed by atoms with Gasteiger partial charge in [-0.25, -0.2) is 13.7 Å². The van der Waals surface area contributed by atoms with Crippen LogP contribution >= 0.6 is 28.1 Å². The first-order chi connectivity index (χ1) is 15.8. The molecule has 1 aliphatic rings. The van der Waals surface area contributed by atoms with Gasteiger partial charge in [-0.3, -0.25) is 14.9 Å². The SMILES string of the molecule is O=C1NC(=S)N(c2ccccc2F)C(=O)/C1=C/c1ccc(OCc2ccc(F)cc2)c(Br)c1. The van der Waals surface area contributed by atoms with E-state index in [0.29, 0.717) is 15.8 Å². The Morgan fingerprint density at radius 3 is 2.45 bits per heavy atom. The molecule has 0 saturated carbocycles. The Balaban J connectivity index is 1.57. The number of hydrogen-bond acceptors (Lipinski definition) is 4. The molecule has 0 aromatic heterocycles. The first-order valence-corrected chi connectivity index (χ1v) is 10.9. The molecule has 1 N–H and O–H groups in total. The van der Waals surface area contributed by atoms with Crippen LogP contribution in [0, 0.1) is 11.6 Å². The van der Waals surface area contributed by atoms with Gasteiger partial charge in [-0.2, -0.15) is 0 Å². The summed E-state index contributed by atoms with van der Waals surface area (Å²) < 4.78 is 33.6. The Morgan fingerprint density at radius 2 is 1.76 bits per heavy atom. The first-order valence-electron chi connectivity index (χ1n) is 9.66. The number of carbonyl (C=O) groups excluding carboxylic acids is 2. The lowest BCUT2D eigenvalue weighted by atomic mass is 10.1. The van der Waals surface area contributed by atoms with Crippen molar-refractivity contribution in [1.82, 2.24) is 5.32 Å². The zero-order valence-corrected chi connectivity index (χ0v) is 19.3. The van der Waals surface area contributed by atoms with Crippen molar-refractivity contribution in [1.29, 1.82) is 0 Å². The van der Waals surface area contributed by atoms with Gasteiger partial charge in [0.1, 0.15) is 29.6 Å². The van der Waals surface area contributed by atoms with Crippen molar-refractivity contribution in [3.63, 3.8) is 0 Å². The fourth-order valence-corrected chi connectivity index (χ4v) is 3.93. The van der Waals surface area contributed by atoms with Gasteiger partial charge in [-0.1, -0.05) is 30.3 Å². The summed E-state index contributed by atoms with van der Waals surface area (Å²) in [5.41, 5.74) is 1.09. The third kappa shape index (κ3) is 4.99. The van der Waals surface area contributed by atoms with Crippen molar-refractivity contribution in [3.05, 3.63) is 99.5 Å². The van der Waals surface area contributed by atoms with E-state index in [0.717, 1.165) is 10.5 Å². The molecule has 1 aliphatic heterocycles. The van der Waals surface area contributed by atoms with Crippen molar-refractivity contribution < 1.29 is 23.1 Å². The zero-order valence-electron chi connectivity index (χ0n) is 16.8. The molecule has 3 aromatic rings. The minimum atomic E-state index is -0.735. The number of halogens is 3. The molecular weight excluding hydrogens is 514 g/mol. The van der Waals surface area contributed by atoms with E-state index in [-0.39, 0.29) is 28.8 Å². The third-order valence-corrected chi connectivity index (χ3v) is 5.67. The highest BCUT2D eigenvalue weighted by Crippen LogP contribution is 2.29. The number of ether oxygens (including phenoxy) is 1. The molecule has 0 spiro atoms. The van der Waals surface area contributed by atoms with Crippen molar-refractivity contribution in [2.75, 3.05) is 4.90 Å². The van der Waals surface area contributed by atoms with Crippen LogP contribution in [0.3, 0.4) is 0 Å². The summed E-state index contributed by atoms with van der Waals surface area (Å²) in [5.74, 6) is -1.86. The van der Waals surface area contributed by atoms with Gasteiger partial charge < -0.3 is 4.74 Å². The summed E-state index contributed by atoms with van der Waals surface area (Å²) >= 11 is 8.50. The molecule has 33 heavy (non-hydrogen) atoms. The van der Waals surface area contributed by atoms with Crippen LogP contribution in [0.1, 0.15) is 11.1 Å². The minimum Gasteiger partial charge on any atom is -0.488 e. The molecule has 0 aliphatic carbocycles. The summed E-state index contributed by atoms with van der Waals surface area (Å²) in [5, 5.41) is 2.23. The smallest absolute Gasteiger partial charge is 0.270 e. The monoisotopic (exact) mass is 528 g/mol. The van der Waals surface area contributed by atoms with Gasteiger partial charge in [0.05, 0.1) is 10.2 Å². The summed E-state index contributed by atoms with van der Waals surface area (Å²) in [4.78, 5) is 26.4. The van der Waals surface area contributed by atoms with Crippen LogP contribution in [0.25, 0.3) is 6.08 Å². The molecule has 0 unspecified atom stereocenters. The second kappa shape index (κ2) is 9.60. The lowest BCUT2D eigenvalue weighted by Gasteiger charge is -2.29. The quantitative estimate of drug-likeness (QED) is 0.283. The number of rotatable bonds is 5. The van der Waals surface area contributed by atoms with Gasteiger partial charge in [0.15, 0.2) is 5.11 Å². The van der Waals surface area contributed by atoms with E-state index in [9.17, 15) is 18.4 Å². The normalized spacial score (nSPS) is 15.1. The summed E-state index contributed by atoms with van der Waals surface area (Å²) in [7, 11) is 0. The van der Waals surface area contributed by atoms with Crippen LogP contribution in [0.15, 0.2) is 76.8 Å². The number of nitrogens with zero attached hydrogens (tertiary/aromatic N) is 1. The van der Waals surface area contributed by atoms with Gasteiger partial charge >= 0.3 is 0 Å². The number of amides is 2. The van der Waals surface area contributed by atoms with Crippen LogP contribution in [0.5, 0.6) is 5.75 Å². The highest BCUT2D eigenvalue weighted by molar-refractivity contribution is 9.10. The largest absolute Gasteiger partial charge is 0.488 e. The van der Waals surface area contributed by atoms with Crippen molar-refractivity contribution in [2.45, 2.75) is 6.61 Å². The number of hydrogen-bond donors (Lipinski definition) is 1. The van der Waals surface area contributed by atoms with Crippen LogP contribution < -0.4 is 15.0 Å². The van der Waals surface area contributed by atoms with Crippen molar-refractivity contribution in [2.24, 2.45) is 0 Å². The number of thiocarbonyl (C=S) groups is 1. The Bertz CT molecular complexity index is 1300. The van der Waals surface area contributed by atoms with Gasteiger partial charge in [-0.15, -0.1) is 0 Å². The molecule has 9 heteroatoms. The van der Waals surface area contributed by atoms with E-state index >= 15 is 0 Å². The molecule has 0 bridgehead atoms. The summed E-state index contributed by atoms with van der Waals surface area (Å²) in [6, 6.07) is 16.6. The Labute approximate surface area is 201 Å². The van der Waals surface area contributed by atoms with Crippen molar-refractivity contribution >= 4 is 56.8 Å². The van der Waals surface area contributed by atoms with E-state index in [2.05, 4.69) is 21.2 Å². The highest BCUT2D eigenvalue weighted by Gasteiger charge is 2.35. The predicted octanol–water partition coefficient (Wildman–Crippen LogP) is 5.14. The maximum absolute atomic E-state index is 14.3. The first kappa shape index (κ1) is 22.8. The maximum atomic E-state index is 14.3. The van der Waals surface area contributed by atoms with Crippen LogP contribution in [-0.2, 0) is 16.2 Å². The summed E-state index contributed by atoms with van der Waals surface area (Å²) in [6.45, 7) is 0.231. The topological polar surface area (TPSA) is 58.6 Å². The molecule has 2 amide bonds. The lowest BCUT2D eigenvalue weighted by Crippen LogP contribution is -2.54. The van der Waals surface area contributed by atoms with E-state index in [1.54, 1.807) is 36.4 Å². The molecule has 0 radical (unpaired) electrons. The highest BCUT2D eigenvalue weighted by atomic mass is 79.9. The predicted molar refractivity (Wildman–Crippen MR) is 127 cm³/mol. The Morgan fingerprint density at radius 1 is 1.03 bits per heavy atom. The molecule has 1 fully saturated rings. The molecular formula is C24H15BrF2N2O3S. The van der Waals surface area contributed by atoms with E-state index < -0.39 is 17.6 Å². The number of benzene rings is 3. The molecule has 4 rings (SSSR count). The molecule has 5 nitrogen and oxygen atoms in total. The maximum Gasteiger partial charge on any atom is 0.270 e. The van der Waals surface area contributed by atoms with Gasteiger partial charge in [-0.05, 0) is 81.7 Å². The van der Waals surface area contributed by atoms with Crippen LogP contribution in [0.2, 0.25) is 0 Å². The van der Waals surface area contributed by atoms with Crippen LogP contribution in [-0.4, -0.2) is 16.9 Å². The Kier molecular flexibility index (Phi) is 6.62. The second-order valence-electron chi connectivity index (χ2n) is 7.01. The van der Waals surface area contributed by atoms with Gasteiger partial charge in [0, 0.05) is 0 Å². The van der Waals surface area contributed by atoms with Gasteiger partial charge in [0.25, 0.3) is 11.8 Å². The number of para-hydroxylation sites is 1. The lowest BCUT2D eigenvalue weighted by molar-refractivity contribution is -0.122.